The van der Waals surface area contributed by atoms with Crippen LogP contribution in [0, 0.1) is 0 Å². The number of hydrogen-bond donors (Lipinski definition) is 0. The summed E-state index contributed by atoms with van der Waals surface area (Å²) in [6.45, 7) is 1.48. The molecule has 1 radical (unpaired) electrons. The number of carbonyl (C=O) groups excluding carboxylic acids is 2. The molecule has 0 aromatic heterocycles. The van der Waals surface area contributed by atoms with Crippen molar-refractivity contribution in [3.8, 4) is 0 Å². The average molecular weight is 315 g/mol. The van der Waals surface area contributed by atoms with Crippen molar-refractivity contribution >= 4 is 22.8 Å². The van der Waals surface area contributed by atoms with E-state index in [1.54, 1.807) is 0 Å². The predicted molar refractivity (Wildman–Crippen MR) is 96.8 cm³/mol. The number of hydrogen-bond acceptors (Lipinski definition) is 2. The second-order valence-electron chi connectivity index (χ2n) is 6.11. The lowest BCUT2D eigenvalue weighted by Crippen LogP contribution is -2.36. The molecular weight excluding hydrogens is 296 g/mol. The Hall–Kier alpha value is -2.74. The molecule has 3 aromatic rings. The summed E-state index contributed by atoms with van der Waals surface area (Å²) in [5, 5.41) is 2.11. The molecule has 2 heteroatoms. The van der Waals surface area contributed by atoms with Gasteiger partial charge in [0.25, 0.3) is 0 Å². The first-order valence-electron chi connectivity index (χ1n) is 8.09. The number of Topliss-reactive ketones (excluding diaryl/α,β-unsaturated/α-hetero) is 1. The normalized spacial score (nSPS) is 13.4. The van der Waals surface area contributed by atoms with Gasteiger partial charge >= 0.3 is 0 Å². The van der Waals surface area contributed by atoms with Gasteiger partial charge in [-0.2, -0.15) is 0 Å². The van der Waals surface area contributed by atoms with Crippen LogP contribution < -0.4 is 0 Å². The Morgan fingerprint density at radius 2 is 1.58 bits per heavy atom. The van der Waals surface area contributed by atoms with Gasteiger partial charge in [0.2, 0.25) is 6.29 Å². The van der Waals surface area contributed by atoms with Crippen molar-refractivity contribution in [2.75, 3.05) is 0 Å². The SMILES string of the molecule is CC(=O)C([C]=O)(CCc1ccccc1)c1ccc2ccccc2c1. The smallest absolute Gasteiger partial charge is 0.217 e. The zero-order valence-electron chi connectivity index (χ0n) is 13.7. The van der Waals surface area contributed by atoms with Gasteiger partial charge in [0.05, 0.1) is 0 Å². The minimum absolute atomic E-state index is 0.163. The molecule has 0 bridgehead atoms. The molecule has 1 atom stereocenters. The van der Waals surface area contributed by atoms with Gasteiger partial charge in [-0.05, 0) is 47.7 Å². The Morgan fingerprint density at radius 3 is 2.25 bits per heavy atom. The van der Waals surface area contributed by atoms with Gasteiger partial charge in [-0.3, -0.25) is 9.59 Å². The van der Waals surface area contributed by atoms with E-state index in [2.05, 4.69) is 6.29 Å². The Balaban J connectivity index is 2.00. The summed E-state index contributed by atoms with van der Waals surface area (Å²) in [4.78, 5) is 24.3. The third-order valence-electron chi connectivity index (χ3n) is 4.65. The van der Waals surface area contributed by atoms with Crippen molar-refractivity contribution < 1.29 is 9.59 Å². The van der Waals surface area contributed by atoms with E-state index < -0.39 is 5.41 Å². The molecule has 2 nitrogen and oxygen atoms in total. The molecule has 0 aliphatic carbocycles. The maximum Gasteiger partial charge on any atom is 0.217 e. The number of fused-ring (bicyclic) bond motifs is 1. The quantitative estimate of drug-likeness (QED) is 0.631. The highest BCUT2D eigenvalue weighted by molar-refractivity contribution is 6.04. The molecule has 0 aliphatic rings. The molecule has 3 rings (SSSR count). The monoisotopic (exact) mass is 315 g/mol. The molecule has 0 aliphatic heterocycles. The van der Waals surface area contributed by atoms with E-state index in [-0.39, 0.29) is 5.78 Å². The van der Waals surface area contributed by atoms with Gasteiger partial charge in [0.1, 0.15) is 11.2 Å². The van der Waals surface area contributed by atoms with Gasteiger partial charge < -0.3 is 0 Å². The molecule has 0 saturated carbocycles. The second kappa shape index (κ2) is 6.79. The molecule has 119 valence electrons. The van der Waals surface area contributed by atoms with E-state index >= 15 is 0 Å². The van der Waals surface area contributed by atoms with Crippen LogP contribution in [0.1, 0.15) is 24.5 Å². The van der Waals surface area contributed by atoms with Crippen LogP contribution in [0.25, 0.3) is 10.8 Å². The second-order valence-corrected chi connectivity index (χ2v) is 6.11. The molecule has 0 spiro atoms. The summed E-state index contributed by atoms with van der Waals surface area (Å²) in [5.41, 5.74) is 0.624. The lowest BCUT2D eigenvalue weighted by atomic mass is 9.74. The summed E-state index contributed by atoms with van der Waals surface area (Å²) in [6, 6.07) is 23.6. The van der Waals surface area contributed by atoms with Crippen molar-refractivity contribution in [2.45, 2.75) is 25.2 Å². The number of carbonyl (C=O) groups is 1. The largest absolute Gasteiger partial charge is 0.299 e. The molecule has 24 heavy (non-hydrogen) atoms. The molecule has 0 N–H and O–H groups in total. The molecule has 0 saturated heterocycles. The topological polar surface area (TPSA) is 34.1 Å². The van der Waals surface area contributed by atoms with Crippen molar-refractivity contribution in [2.24, 2.45) is 0 Å². The van der Waals surface area contributed by atoms with Crippen LogP contribution in [0.2, 0.25) is 0 Å². The summed E-state index contributed by atoms with van der Waals surface area (Å²) in [6.07, 6.45) is 3.15. The number of rotatable bonds is 6. The number of benzene rings is 3. The fourth-order valence-electron chi connectivity index (χ4n) is 3.14. The van der Waals surface area contributed by atoms with E-state index in [4.69, 9.17) is 0 Å². The fraction of sp³-hybridized carbons (Fsp3) is 0.182. The van der Waals surface area contributed by atoms with Gasteiger partial charge in [0.15, 0.2) is 0 Å². The average Bonchev–Trinajstić information content (AvgIpc) is 2.63. The van der Waals surface area contributed by atoms with Crippen molar-refractivity contribution in [1.82, 2.24) is 0 Å². The van der Waals surface area contributed by atoms with Crippen LogP contribution in [-0.4, -0.2) is 12.1 Å². The highest BCUT2D eigenvalue weighted by Gasteiger charge is 2.38. The Labute approximate surface area is 142 Å². The Bertz CT molecular complexity index is 867. The van der Waals surface area contributed by atoms with Crippen LogP contribution in [0.4, 0.5) is 0 Å². The predicted octanol–water partition coefficient (Wildman–Crippen LogP) is 4.41. The zero-order valence-corrected chi connectivity index (χ0v) is 13.7. The fourth-order valence-corrected chi connectivity index (χ4v) is 3.14. The molecule has 0 amide bonds. The number of aryl methyl sites for hydroxylation is 1. The van der Waals surface area contributed by atoms with Gasteiger partial charge in [-0.25, -0.2) is 0 Å². The highest BCUT2D eigenvalue weighted by atomic mass is 16.1. The molecule has 0 heterocycles. The third-order valence-corrected chi connectivity index (χ3v) is 4.65. The van der Waals surface area contributed by atoms with E-state index in [9.17, 15) is 9.59 Å². The van der Waals surface area contributed by atoms with Gasteiger partial charge in [-0.15, -0.1) is 0 Å². The summed E-state index contributed by atoms with van der Waals surface area (Å²) >= 11 is 0. The first-order chi connectivity index (χ1) is 11.7. The van der Waals surface area contributed by atoms with Crippen LogP contribution in [0.15, 0.2) is 72.8 Å². The van der Waals surface area contributed by atoms with Crippen molar-refractivity contribution in [3.05, 3.63) is 83.9 Å². The summed E-state index contributed by atoms with van der Waals surface area (Å²) < 4.78 is 0. The first-order valence-corrected chi connectivity index (χ1v) is 8.09. The lowest BCUT2D eigenvalue weighted by Gasteiger charge is -2.25. The molecular formula is C22H19O2. The maximum absolute atomic E-state index is 12.4. The van der Waals surface area contributed by atoms with Crippen LogP contribution in [0.5, 0.6) is 0 Å². The van der Waals surface area contributed by atoms with Crippen LogP contribution in [0.3, 0.4) is 0 Å². The zero-order chi connectivity index (χ0) is 17.0. The first kappa shape index (κ1) is 16.1. The maximum atomic E-state index is 12.4. The minimum atomic E-state index is -1.21. The minimum Gasteiger partial charge on any atom is -0.299 e. The number of ketones is 1. The van der Waals surface area contributed by atoms with Crippen molar-refractivity contribution in [3.63, 3.8) is 0 Å². The van der Waals surface area contributed by atoms with Gasteiger partial charge in [-0.1, -0.05) is 66.7 Å². The van der Waals surface area contributed by atoms with Crippen molar-refractivity contribution in [1.29, 1.82) is 0 Å². The summed E-state index contributed by atoms with van der Waals surface area (Å²) in [5.74, 6) is -0.163. The van der Waals surface area contributed by atoms with Crippen LogP contribution in [-0.2, 0) is 21.4 Å². The molecule has 3 aromatic carbocycles. The summed E-state index contributed by atoms with van der Waals surface area (Å²) in [7, 11) is 0. The van der Waals surface area contributed by atoms with E-state index in [0.717, 1.165) is 21.9 Å². The standard InChI is InChI=1S/C22H19O2/c1-17(24)22(16-23,14-13-18-7-3-2-4-8-18)21-12-11-19-9-5-6-10-20(19)15-21/h2-12,15H,13-14H2,1H3. The van der Waals surface area contributed by atoms with E-state index in [1.165, 1.54) is 6.92 Å². The molecule has 1 unspecified atom stereocenters. The van der Waals surface area contributed by atoms with Gasteiger partial charge in [0, 0.05) is 0 Å². The van der Waals surface area contributed by atoms with E-state index in [1.807, 2.05) is 72.8 Å². The Morgan fingerprint density at radius 1 is 0.917 bits per heavy atom. The van der Waals surface area contributed by atoms with E-state index in [0.29, 0.717) is 12.8 Å². The highest BCUT2D eigenvalue weighted by Crippen LogP contribution is 2.31. The van der Waals surface area contributed by atoms with Crippen LogP contribution >= 0.6 is 0 Å². The Kier molecular flexibility index (Phi) is 4.57. The lowest BCUT2D eigenvalue weighted by molar-refractivity contribution is -0.120. The molecule has 0 fully saturated rings. The third kappa shape index (κ3) is 3.00.